The largest absolute Gasteiger partial charge is 0.395 e. The van der Waals surface area contributed by atoms with E-state index in [0.29, 0.717) is 24.8 Å². The number of benzene rings is 1. The fourth-order valence-corrected chi connectivity index (χ4v) is 3.13. The first-order valence-electron chi connectivity index (χ1n) is 8.13. The van der Waals surface area contributed by atoms with Crippen LogP contribution in [-0.2, 0) is 6.54 Å². The highest BCUT2D eigenvalue weighted by Gasteiger charge is 2.24. The van der Waals surface area contributed by atoms with E-state index in [1.807, 2.05) is 17.0 Å². The molecule has 1 aromatic carbocycles. The van der Waals surface area contributed by atoms with Crippen LogP contribution in [0, 0.1) is 5.82 Å². The molecule has 0 atom stereocenters. The minimum Gasteiger partial charge on any atom is -0.395 e. The molecule has 0 radical (unpaired) electrons. The lowest BCUT2D eigenvalue weighted by atomic mass is 10.1. The number of hydrogen-bond acceptors (Lipinski definition) is 3. The summed E-state index contributed by atoms with van der Waals surface area (Å²) in [5.41, 5.74) is 1.61. The van der Waals surface area contributed by atoms with Crippen LogP contribution in [0.3, 0.4) is 0 Å². The van der Waals surface area contributed by atoms with Crippen molar-refractivity contribution in [2.24, 2.45) is 0 Å². The highest BCUT2D eigenvalue weighted by Crippen LogP contribution is 2.30. The Hall–Kier alpha value is -1.13. The molecule has 2 N–H and O–H groups in total. The van der Waals surface area contributed by atoms with E-state index < -0.39 is 0 Å². The van der Waals surface area contributed by atoms with Crippen LogP contribution in [0.25, 0.3) is 0 Å². The second kappa shape index (κ2) is 8.35. The zero-order valence-electron chi connectivity index (χ0n) is 12.9. The number of nitrogens with zero attached hydrogens (tertiary/aromatic N) is 1. The first-order valence-corrected chi connectivity index (χ1v) is 8.13. The first kappa shape index (κ1) is 16.2. The predicted molar refractivity (Wildman–Crippen MR) is 85.1 cm³/mol. The molecule has 0 spiro atoms. The third-order valence-corrected chi connectivity index (χ3v) is 4.18. The highest BCUT2D eigenvalue weighted by molar-refractivity contribution is 5.50. The summed E-state index contributed by atoms with van der Waals surface area (Å²) in [7, 11) is 0. The number of aliphatic hydroxyl groups is 1. The van der Waals surface area contributed by atoms with Gasteiger partial charge in [0.1, 0.15) is 5.82 Å². The van der Waals surface area contributed by atoms with Gasteiger partial charge in [-0.15, -0.1) is 0 Å². The molecule has 2 rings (SSSR count). The molecule has 0 heterocycles. The predicted octanol–water partition coefficient (Wildman–Crippen LogP) is 3.07. The molecule has 0 amide bonds. The molecular formula is C17H27FN2O. The molecule has 118 valence electrons. The monoisotopic (exact) mass is 294 g/mol. The summed E-state index contributed by atoms with van der Waals surface area (Å²) in [6, 6.07) is 5.85. The number of halogens is 1. The third kappa shape index (κ3) is 4.42. The Morgan fingerprint density at radius 3 is 2.71 bits per heavy atom. The Balaban J connectivity index is 2.09. The van der Waals surface area contributed by atoms with Crippen LogP contribution in [0.1, 0.15) is 44.6 Å². The van der Waals surface area contributed by atoms with Crippen molar-refractivity contribution in [3.8, 4) is 0 Å². The van der Waals surface area contributed by atoms with Gasteiger partial charge < -0.3 is 15.3 Å². The average molecular weight is 294 g/mol. The van der Waals surface area contributed by atoms with Crippen molar-refractivity contribution in [1.82, 2.24) is 5.32 Å². The Morgan fingerprint density at radius 2 is 2.10 bits per heavy atom. The Labute approximate surface area is 127 Å². The van der Waals surface area contributed by atoms with Gasteiger partial charge in [0.15, 0.2) is 0 Å². The number of anilines is 1. The average Bonchev–Trinajstić information content (AvgIpc) is 3.00. The fourth-order valence-electron chi connectivity index (χ4n) is 3.13. The van der Waals surface area contributed by atoms with Crippen LogP contribution >= 0.6 is 0 Å². The van der Waals surface area contributed by atoms with E-state index >= 15 is 0 Å². The van der Waals surface area contributed by atoms with E-state index in [0.717, 1.165) is 31.4 Å². The number of rotatable bonds is 8. The Kier molecular flexibility index (Phi) is 6.46. The Bertz CT molecular complexity index is 433. The van der Waals surface area contributed by atoms with E-state index in [4.69, 9.17) is 0 Å². The number of hydrogen-bond donors (Lipinski definition) is 2. The van der Waals surface area contributed by atoms with Crippen LogP contribution in [-0.4, -0.2) is 30.8 Å². The van der Waals surface area contributed by atoms with E-state index in [2.05, 4.69) is 12.2 Å². The summed E-state index contributed by atoms with van der Waals surface area (Å²) in [6.07, 6.45) is 5.67. The molecule has 1 saturated carbocycles. The van der Waals surface area contributed by atoms with Gasteiger partial charge in [-0.05, 0) is 43.5 Å². The standard InChI is InChI=1S/C17H27FN2O/c1-2-9-19-13-14-7-8-17(16(18)12-14)20(10-11-21)15-5-3-4-6-15/h7-8,12,15,19,21H,2-6,9-11,13H2,1H3. The van der Waals surface area contributed by atoms with Gasteiger partial charge in [-0.3, -0.25) is 0 Å². The highest BCUT2D eigenvalue weighted by atomic mass is 19.1. The van der Waals surface area contributed by atoms with Crippen molar-refractivity contribution in [2.45, 2.75) is 51.6 Å². The topological polar surface area (TPSA) is 35.5 Å². The molecule has 21 heavy (non-hydrogen) atoms. The van der Waals surface area contributed by atoms with E-state index in [-0.39, 0.29) is 12.4 Å². The van der Waals surface area contributed by atoms with Crippen LogP contribution in [0.5, 0.6) is 0 Å². The molecule has 0 aliphatic heterocycles. The van der Waals surface area contributed by atoms with Gasteiger partial charge in [0.25, 0.3) is 0 Å². The Morgan fingerprint density at radius 1 is 1.33 bits per heavy atom. The molecule has 0 aromatic heterocycles. The molecule has 1 aliphatic carbocycles. The lowest BCUT2D eigenvalue weighted by Gasteiger charge is -2.31. The molecule has 0 bridgehead atoms. The van der Waals surface area contributed by atoms with Gasteiger partial charge in [-0.2, -0.15) is 0 Å². The maximum atomic E-state index is 14.4. The van der Waals surface area contributed by atoms with Gasteiger partial charge >= 0.3 is 0 Å². The molecule has 4 heteroatoms. The van der Waals surface area contributed by atoms with Crippen molar-refractivity contribution in [3.05, 3.63) is 29.6 Å². The van der Waals surface area contributed by atoms with Crippen molar-refractivity contribution in [2.75, 3.05) is 24.6 Å². The van der Waals surface area contributed by atoms with Gasteiger partial charge in [0.05, 0.1) is 12.3 Å². The summed E-state index contributed by atoms with van der Waals surface area (Å²) < 4.78 is 14.4. The minimum absolute atomic E-state index is 0.0652. The second-order valence-corrected chi connectivity index (χ2v) is 5.82. The van der Waals surface area contributed by atoms with Crippen LogP contribution in [0.15, 0.2) is 18.2 Å². The van der Waals surface area contributed by atoms with E-state index in [9.17, 15) is 9.50 Å². The van der Waals surface area contributed by atoms with Crippen molar-refractivity contribution < 1.29 is 9.50 Å². The molecule has 1 aromatic rings. The molecular weight excluding hydrogens is 267 g/mol. The molecule has 0 saturated heterocycles. The smallest absolute Gasteiger partial charge is 0.146 e. The summed E-state index contributed by atoms with van der Waals surface area (Å²) in [5, 5.41) is 12.6. The van der Waals surface area contributed by atoms with E-state index in [1.54, 1.807) is 6.07 Å². The van der Waals surface area contributed by atoms with Crippen molar-refractivity contribution >= 4 is 5.69 Å². The number of aliphatic hydroxyl groups excluding tert-OH is 1. The van der Waals surface area contributed by atoms with Gasteiger partial charge in [0, 0.05) is 19.1 Å². The van der Waals surface area contributed by atoms with Crippen molar-refractivity contribution in [3.63, 3.8) is 0 Å². The normalized spacial score (nSPS) is 15.6. The van der Waals surface area contributed by atoms with Gasteiger partial charge in [-0.25, -0.2) is 4.39 Å². The third-order valence-electron chi connectivity index (χ3n) is 4.18. The lowest BCUT2D eigenvalue weighted by molar-refractivity contribution is 0.296. The summed E-state index contributed by atoms with van der Waals surface area (Å²) in [4.78, 5) is 2.05. The number of nitrogens with one attached hydrogen (secondary N) is 1. The SMILES string of the molecule is CCCNCc1ccc(N(CCO)C2CCCC2)c(F)c1. The molecule has 1 aliphatic rings. The summed E-state index contributed by atoms with van der Waals surface area (Å²) in [5.74, 6) is -0.175. The van der Waals surface area contributed by atoms with E-state index in [1.165, 1.54) is 12.8 Å². The van der Waals surface area contributed by atoms with Crippen molar-refractivity contribution in [1.29, 1.82) is 0 Å². The zero-order chi connectivity index (χ0) is 15.1. The van der Waals surface area contributed by atoms with Gasteiger partial charge in [0.2, 0.25) is 0 Å². The minimum atomic E-state index is -0.175. The molecule has 0 unspecified atom stereocenters. The van der Waals surface area contributed by atoms with Crippen LogP contribution in [0.4, 0.5) is 10.1 Å². The molecule has 1 fully saturated rings. The maximum Gasteiger partial charge on any atom is 0.146 e. The summed E-state index contributed by atoms with van der Waals surface area (Å²) in [6.45, 7) is 4.34. The second-order valence-electron chi connectivity index (χ2n) is 5.82. The lowest BCUT2D eigenvalue weighted by Crippen LogP contribution is -2.36. The molecule has 3 nitrogen and oxygen atoms in total. The first-order chi connectivity index (χ1) is 10.3. The zero-order valence-corrected chi connectivity index (χ0v) is 12.9. The maximum absolute atomic E-state index is 14.4. The van der Waals surface area contributed by atoms with Crippen LogP contribution < -0.4 is 10.2 Å². The fraction of sp³-hybridized carbons (Fsp3) is 0.647. The quantitative estimate of drug-likeness (QED) is 0.723. The summed E-state index contributed by atoms with van der Waals surface area (Å²) >= 11 is 0. The van der Waals surface area contributed by atoms with Crippen LogP contribution in [0.2, 0.25) is 0 Å². The van der Waals surface area contributed by atoms with Gasteiger partial charge in [-0.1, -0.05) is 25.8 Å².